The zero-order valence-corrected chi connectivity index (χ0v) is 8.66. The van der Waals surface area contributed by atoms with Gasteiger partial charge in [-0.3, -0.25) is 9.78 Å². The van der Waals surface area contributed by atoms with Crippen molar-refractivity contribution in [1.82, 2.24) is 9.97 Å². The van der Waals surface area contributed by atoms with Gasteiger partial charge in [0.1, 0.15) is 17.2 Å². The Hall–Kier alpha value is -2.63. The summed E-state index contributed by atoms with van der Waals surface area (Å²) in [5, 5.41) is 21.0. The maximum Gasteiger partial charge on any atom is 0.275 e. The van der Waals surface area contributed by atoms with Gasteiger partial charge in [-0.1, -0.05) is 0 Å². The van der Waals surface area contributed by atoms with Crippen molar-refractivity contribution >= 4 is 11.6 Å². The number of anilines is 1. The molecule has 0 saturated carbocycles. The van der Waals surface area contributed by atoms with Gasteiger partial charge in [0.05, 0.1) is 6.20 Å². The summed E-state index contributed by atoms with van der Waals surface area (Å²) in [6.45, 7) is 0. The summed E-state index contributed by atoms with van der Waals surface area (Å²) in [4.78, 5) is 19.2. The van der Waals surface area contributed by atoms with Crippen LogP contribution < -0.4 is 5.32 Å². The highest BCUT2D eigenvalue weighted by atomic mass is 16.3. The van der Waals surface area contributed by atoms with Crippen LogP contribution >= 0.6 is 0 Å². The molecule has 2 rings (SSSR count). The topological polar surface area (TPSA) is 95.3 Å². The van der Waals surface area contributed by atoms with Crippen molar-refractivity contribution in [3.8, 4) is 11.5 Å². The van der Waals surface area contributed by atoms with Crippen LogP contribution in [-0.4, -0.2) is 26.1 Å². The minimum absolute atomic E-state index is 0.139. The van der Waals surface area contributed by atoms with Gasteiger partial charge in [0.25, 0.3) is 5.91 Å². The summed E-state index contributed by atoms with van der Waals surface area (Å²) in [6.07, 6.45) is 4.17. The van der Waals surface area contributed by atoms with Crippen LogP contribution in [0.2, 0.25) is 0 Å². The molecule has 0 spiro atoms. The number of nitrogens with zero attached hydrogens (tertiary/aromatic N) is 2. The number of amides is 1. The first-order chi connectivity index (χ1) is 8.15. The Kier molecular flexibility index (Phi) is 2.87. The molecule has 0 saturated heterocycles. The summed E-state index contributed by atoms with van der Waals surface area (Å²) >= 11 is 0. The summed E-state index contributed by atoms with van der Waals surface area (Å²) in [6, 6.07) is 3.79. The number of rotatable bonds is 2. The standard InChI is InChI=1S/C11H9N3O3/c15-8-3-7(4-9(16)5-8)14-11(17)10-6-12-1-2-13-10/h1-6,15-16H,(H,14,17). The van der Waals surface area contributed by atoms with Crippen LogP contribution in [0.5, 0.6) is 11.5 Å². The predicted molar refractivity (Wildman–Crippen MR) is 59.8 cm³/mol. The number of carbonyl (C=O) groups excluding carboxylic acids is 1. The second-order valence-electron chi connectivity index (χ2n) is 3.28. The number of hydrogen-bond acceptors (Lipinski definition) is 5. The third kappa shape index (κ3) is 2.69. The summed E-state index contributed by atoms with van der Waals surface area (Å²) in [5.74, 6) is -0.748. The molecule has 1 aromatic heterocycles. The molecule has 86 valence electrons. The Morgan fingerprint density at radius 3 is 2.41 bits per heavy atom. The van der Waals surface area contributed by atoms with Gasteiger partial charge in [-0.25, -0.2) is 4.98 Å². The Labute approximate surface area is 96.6 Å². The fourth-order valence-electron chi connectivity index (χ4n) is 1.28. The molecule has 3 N–H and O–H groups in total. The number of phenols is 2. The predicted octanol–water partition coefficient (Wildman–Crippen LogP) is 1.14. The molecule has 6 nitrogen and oxygen atoms in total. The van der Waals surface area contributed by atoms with E-state index in [0.717, 1.165) is 6.07 Å². The van der Waals surface area contributed by atoms with E-state index in [2.05, 4.69) is 15.3 Å². The van der Waals surface area contributed by atoms with Gasteiger partial charge in [0, 0.05) is 36.3 Å². The number of benzene rings is 1. The SMILES string of the molecule is O=C(Nc1cc(O)cc(O)c1)c1cnccn1. The minimum Gasteiger partial charge on any atom is -0.508 e. The van der Waals surface area contributed by atoms with Gasteiger partial charge in [-0.2, -0.15) is 0 Å². The molecular formula is C11H9N3O3. The molecule has 2 aromatic rings. The first-order valence-corrected chi connectivity index (χ1v) is 4.75. The number of aromatic nitrogens is 2. The first-order valence-electron chi connectivity index (χ1n) is 4.75. The monoisotopic (exact) mass is 231 g/mol. The van der Waals surface area contributed by atoms with Crippen molar-refractivity contribution < 1.29 is 15.0 Å². The number of phenolic OH excluding ortho intramolecular Hbond substituents is 2. The smallest absolute Gasteiger partial charge is 0.275 e. The average Bonchev–Trinajstić information content (AvgIpc) is 2.28. The normalized spacial score (nSPS) is 9.88. The molecule has 0 bridgehead atoms. The van der Waals surface area contributed by atoms with Crippen molar-refractivity contribution in [2.45, 2.75) is 0 Å². The summed E-state index contributed by atoms with van der Waals surface area (Å²) in [5.41, 5.74) is 0.425. The van der Waals surface area contributed by atoms with Gasteiger partial charge in [-0.15, -0.1) is 0 Å². The van der Waals surface area contributed by atoms with Crippen LogP contribution in [-0.2, 0) is 0 Å². The van der Waals surface area contributed by atoms with Crippen LogP contribution in [0, 0.1) is 0 Å². The Morgan fingerprint density at radius 1 is 1.12 bits per heavy atom. The second kappa shape index (κ2) is 4.48. The lowest BCUT2D eigenvalue weighted by molar-refractivity contribution is 0.102. The van der Waals surface area contributed by atoms with E-state index >= 15 is 0 Å². The highest BCUT2D eigenvalue weighted by Gasteiger charge is 2.08. The van der Waals surface area contributed by atoms with Crippen LogP contribution in [0.25, 0.3) is 0 Å². The first kappa shape index (κ1) is 10.9. The summed E-state index contributed by atoms with van der Waals surface area (Å²) in [7, 11) is 0. The van der Waals surface area contributed by atoms with Crippen LogP contribution in [0.1, 0.15) is 10.5 Å². The van der Waals surface area contributed by atoms with E-state index in [1.165, 1.54) is 30.7 Å². The van der Waals surface area contributed by atoms with E-state index in [1.807, 2.05) is 0 Å². The molecule has 0 aliphatic rings. The van der Waals surface area contributed by atoms with Crippen molar-refractivity contribution in [2.24, 2.45) is 0 Å². The van der Waals surface area contributed by atoms with E-state index in [4.69, 9.17) is 0 Å². The van der Waals surface area contributed by atoms with Gasteiger partial charge in [0.2, 0.25) is 0 Å². The van der Waals surface area contributed by atoms with Gasteiger partial charge in [0.15, 0.2) is 0 Å². The molecule has 1 amide bonds. The minimum atomic E-state index is -0.469. The number of aromatic hydroxyl groups is 2. The number of nitrogens with one attached hydrogen (secondary N) is 1. The van der Waals surface area contributed by atoms with Crippen molar-refractivity contribution in [3.63, 3.8) is 0 Å². The van der Waals surface area contributed by atoms with Crippen LogP contribution in [0.15, 0.2) is 36.8 Å². The van der Waals surface area contributed by atoms with Crippen molar-refractivity contribution in [1.29, 1.82) is 0 Å². The Balaban J connectivity index is 2.19. The van der Waals surface area contributed by atoms with Gasteiger partial charge in [-0.05, 0) is 0 Å². The quantitative estimate of drug-likeness (QED) is 0.720. The Bertz CT molecular complexity index is 523. The van der Waals surface area contributed by atoms with Gasteiger partial charge >= 0.3 is 0 Å². The van der Waals surface area contributed by atoms with Crippen molar-refractivity contribution in [2.75, 3.05) is 5.32 Å². The zero-order chi connectivity index (χ0) is 12.3. The Morgan fingerprint density at radius 2 is 1.82 bits per heavy atom. The maximum atomic E-state index is 11.7. The fraction of sp³-hybridized carbons (Fsp3) is 0. The summed E-state index contributed by atoms with van der Waals surface area (Å²) < 4.78 is 0. The molecule has 0 fully saturated rings. The van der Waals surface area contributed by atoms with Crippen LogP contribution in [0.3, 0.4) is 0 Å². The molecule has 1 heterocycles. The largest absolute Gasteiger partial charge is 0.508 e. The van der Waals surface area contributed by atoms with Crippen molar-refractivity contribution in [3.05, 3.63) is 42.5 Å². The third-order valence-corrected chi connectivity index (χ3v) is 1.96. The van der Waals surface area contributed by atoms with Gasteiger partial charge < -0.3 is 15.5 Å². The van der Waals surface area contributed by atoms with E-state index in [1.54, 1.807) is 0 Å². The molecule has 0 aliphatic heterocycles. The maximum absolute atomic E-state index is 11.7. The highest BCUT2D eigenvalue weighted by Crippen LogP contribution is 2.24. The number of carbonyl (C=O) groups is 1. The lowest BCUT2D eigenvalue weighted by atomic mass is 10.2. The molecule has 0 aliphatic carbocycles. The van der Waals surface area contributed by atoms with E-state index in [0.29, 0.717) is 0 Å². The molecule has 17 heavy (non-hydrogen) atoms. The second-order valence-corrected chi connectivity index (χ2v) is 3.28. The van der Waals surface area contributed by atoms with E-state index in [-0.39, 0.29) is 22.9 Å². The number of hydrogen-bond donors (Lipinski definition) is 3. The molecule has 6 heteroatoms. The average molecular weight is 231 g/mol. The molecule has 0 atom stereocenters. The highest BCUT2D eigenvalue weighted by molar-refractivity contribution is 6.02. The van der Waals surface area contributed by atoms with Crippen LogP contribution in [0.4, 0.5) is 5.69 Å². The fourth-order valence-corrected chi connectivity index (χ4v) is 1.28. The molecular weight excluding hydrogens is 222 g/mol. The van der Waals surface area contributed by atoms with E-state index in [9.17, 15) is 15.0 Å². The lowest BCUT2D eigenvalue weighted by Crippen LogP contribution is -2.13. The molecule has 0 radical (unpaired) electrons. The molecule has 1 aromatic carbocycles. The molecule has 0 unspecified atom stereocenters. The third-order valence-electron chi connectivity index (χ3n) is 1.96. The zero-order valence-electron chi connectivity index (χ0n) is 8.66. The lowest BCUT2D eigenvalue weighted by Gasteiger charge is -2.05. The van der Waals surface area contributed by atoms with E-state index < -0.39 is 5.91 Å².